The molecule has 1 fully saturated rings. The first-order valence-electron chi connectivity index (χ1n) is 4.64. The van der Waals surface area contributed by atoms with Crippen LogP contribution in [0.4, 0.5) is 5.69 Å². The Morgan fingerprint density at radius 1 is 1.53 bits per heavy atom. The van der Waals surface area contributed by atoms with E-state index in [1.165, 1.54) is 23.2 Å². The summed E-state index contributed by atoms with van der Waals surface area (Å²) in [5.41, 5.74) is -0.292. The number of hydrogen-bond acceptors (Lipinski definition) is 3. The molecule has 0 saturated heterocycles. The molecule has 1 aliphatic carbocycles. The van der Waals surface area contributed by atoms with Gasteiger partial charge in [0.1, 0.15) is 5.54 Å². The molecule has 0 radical (unpaired) electrons. The number of carbonyl (C=O) groups excluding carboxylic acids is 1. The molecular formula is C10H11NO3S. The second-order valence-corrected chi connectivity index (χ2v) is 4.45. The molecule has 0 spiro atoms. The highest BCUT2D eigenvalue weighted by atomic mass is 32.1. The lowest BCUT2D eigenvalue weighted by atomic mass is 10.2. The third-order valence-corrected chi connectivity index (χ3v) is 3.30. The number of carbonyl (C=O) groups is 2. The molecule has 15 heavy (non-hydrogen) atoms. The molecule has 1 aromatic rings. The number of anilines is 1. The Bertz CT molecular complexity index is 395. The molecule has 0 aliphatic heterocycles. The van der Waals surface area contributed by atoms with Crippen molar-refractivity contribution >= 4 is 28.9 Å². The van der Waals surface area contributed by atoms with E-state index in [0.717, 1.165) is 0 Å². The third kappa shape index (κ3) is 1.52. The molecule has 0 bridgehead atoms. The zero-order valence-electron chi connectivity index (χ0n) is 8.27. The van der Waals surface area contributed by atoms with Crippen molar-refractivity contribution in [3.63, 3.8) is 0 Å². The van der Waals surface area contributed by atoms with Crippen LogP contribution >= 0.6 is 11.3 Å². The predicted octanol–water partition coefficient (Wildman–Crippen LogP) is 1.72. The van der Waals surface area contributed by atoms with Crippen LogP contribution in [-0.2, 0) is 9.59 Å². The summed E-state index contributed by atoms with van der Waals surface area (Å²) in [6.45, 7) is 1.40. The summed E-state index contributed by atoms with van der Waals surface area (Å²) in [4.78, 5) is 24.0. The van der Waals surface area contributed by atoms with E-state index in [2.05, 4.69) is 0 Å². The molecule has 4 nitrogen and oxygen atoms in total. The fourth-order valence-corrected chi connectivity index (χ4v) is 2.39. The highest BCUT2D eigenvalue weighted by molar-refractivity contribution is 7.08. The predicted molar refractivity (Wildman–Crippen MR) is 57.1 cm³/mol. The van der Waals surface area contributed by atoms with Crippen LogP contribution in [0.15, 0.2) is 16.8 Å². The smallest absolute Gasteiger partial charge is 0.330 e. The van der Waals surface area contributed by atoms with E-state index in [1.807, 2.05) is 5.38 Å². The number of hydrogen-bond donors (Lipinski definition) is 1. The van der Waals surface area contributed by atoms with Gasteiger partial charge in [0, 0.05) is 12.3 Å². The van der Waals surface area contributed by atoms with Gasteiger partial charge in [-0.25, -0.2) is 4.79 Å². The Morgan fingerprint density at radius 2 is 2.20 bits per heavy atom. The number of carboxylic acids is 1. The van der Waals surface area contributed by atoms with Crippen molar-refractivity contribution in [1.82, 2.24) is 0 Å². The maximum absolute atomic E-state index is 11.5. The van der Waals surface area contributed by atoms with Crippen LogP contribution in [0.5, 0.6) is 0 Å². The average molecular weight is 225 g/mol. The molecule has 1 N–H and O–H groups in total. The van der Waals surface area contributed by atoms with Crippen molar-refractivity contribution in [2.24, 2.45) is 0 Å². The van der Waals surface area contributed by atoms with E-state index in [1.54, 1.807) is 11.4 Å². The van der Waals surface area contributed by atoms with Crippen LogP contribution in [-0.4, -0.2) is 22.5 Å². The number of aliphatic carboxylic acids is 1. The largest absolute Gasteiger partial charge is 0.479 e. The lowest BCUT2D eigenvalue weighted by Gasteiger charge is -2.26. The minimum absolute atomic E-state index is 0.215. The van der Waals surface area contributed by atoms with E-state index in [-0.39, 0.29) is 5.91 Å². The Kier molecular flexibility index (Phi) is 2.26. The molecule has 1 heterocycles. The third-order valence-electron chi connectivity index (χ3n) is 2.63. The van der Waals surface area contributed by atoms with Gasteiger partial charge in [0.05, 0.1) is 5.69 Å². The second kappa shape index (κ2) is 3.34. The van der Waals surface area contributed by atoms with Crippen molar-refractivity contribution in [2.45, 2.75) is 25.3 Å². The summed E-state index contributed by atoms with van der Waals surface area (Å²) in [5, 5.41) is 12.8. The molecule has 5 heteroatoms. The lowest BCUT2D eigenvalue weighted by molar-refractivity contribution is -0.141. The van der Waals surface area contributed by atoms with Crippen molar-refractivity contribution in [3.8, 4) is 0 Å². The first-order valence-corrected chi connectivity index (χ1v) is 5.58. The van der Waals surface area contributed by atoms with E-state index >= 15 is 0 Å². The fourth-order valence-electron chi connectivity index (χ4n) is 1.77. The summed E-state index contributed by atoms with van der Waals surface area (Å²) in [6.07, 6.45) is 1.08. The van der Waals surface area contributed by atoms with Crippen LogP contribution in [0.2, 0.25) is 0 Å². The first-order chi connectivity index (χ1) is 7.08. The molecule has 1 saturated carbocycles. The normalized spacial score (nSPS) is 17.1. The minimum atomic E-state index is -0.979. The van der Waals surface area contributed by atoms with Crippen LogP contribution in [0.3, 0.4) is 0 Å². The van der Waals surface area contributed by atoms with Gasteiger partial charge >= 0.3 is 5.97 Å². The quantitative estimate of drug-likeness (QED) is 0.852. The molecule has 80 valence electrons. The number of thiophene rings is 1. The summed E-state index contributed by atoms with van der Waals surface area (Å²) >= 11 is 1.45. The Labute approximate surface area is 91.1 Å². The van der Waals surface area contributed by atoms with Gasteiger partial charge in [-0.2, -0.15) is 11.3 Å². The van der Waals surface area contributed by atoms with Gasteiger partial charge in [-0.05, 0) is 24.3 Å². The van der Waals surface area contributed by atoms with E-state index < -0.39 is 11.5 Å². The van der Waals surface area contributed by atoms with Gasteiger partial charge in [-0.3, -0.25) is 9.69 Å². The molecule has 2 rings (SSSR count). The Balaban J connectivity index is 2.37. The SMILES string of the molecule is CC(=O)N(c1ccsc1)C1(C(=O)O)CC1. The first kappa shape index (κ1) is 10.2. The van der Waals surface area contributed by atoms with Crippen LogP contribution < -0.4 is 4.90 Å². The van der Waals surface area contributed by atoms with Crippen LogP contribution in [0.1, 0.15) is 19.8 Å². The summed E-state index contributed by atoms with van der Waals surface area (Å²) in [6, 6.07) is 1.77. The van der Waals surface area contributed by atoms with Crippen LogP contribution in [0.25, 0.3) is 0 Å². The summed E-state index contributed by atoms with van der Waals surface area (Å²) in [5.74, 6) is -1.13. The van der Waals surface area contributed by atoms with E-state index in [0.29, 0.717) is 18.5 Å². The van der Waals surface area contributed by atoms with E-state index in [4.69, 9.17) is 5.11 Å². The van der Waals surface area contributed by atoms with Gasteiger partial charge in [-0.15, -0.1) is 0 Å². The van der Waals surface area contributed by atoms with Gasteiger partial charge in [0.25, 0.3) is 0 Å². The van der Waals surface area contributed by atoms with Crippen molar-refractivity contribution in [1.29, 1.82) is 0 Å². The lowest BCUT2D eigenvalue weighted by Crippen LogP contribution is -2.46. The molecule has 1 amide bonds. The van der Waals surface area contributed by atoms with Gasteiger partial charge in [0.15, 0.2) is 0 Å². The Hall–Kier alpha value is -1.36. The topological polar surface area (TPSA) is 57.6 Å². The van der Waals surface area contributed by atoms with Crippen molar-refractivity contribution in [3.05, 3.63) is 16.8 Å². The Morgan fingerprint density at radius 3 is 2.53 bits per heavy atom. The van der Waals surface area contributed by atoms with Crippen molar-refractivity contribution < 1.29 is 14.7 Å². The second-order valence-electron chi connectivity index (χ2n) is 3.67. The fraction of sp³-hybridized carbons (Fsp3) is 0.400. The monoisotopic (exact) mass is 225 g/mol. The highest BCUT2D eigenvalue weighted by Gasteiger charge is 2.57. The molecule has 0 aromatic carbocycles. The maximum atomic E-state index is 11.5. The van der Waals surface area contributed by atoms with Gasteiger partial charge in [-0.1, -0.05) is 0 Å². The minimum Gasteiger partial charge on any atom is -0.479 e. The number of nitrogens with zero attached hydrogens (tertiary/aromatic N) is 1. The average Bonchev–Trinajstić information content (AvgIpc) is 2.75. The molecule has 1 aliphatic rings. The number of carboxylic acid groups (broad SMARTS) is 1. The zero-order valence-corrected chi connectivity index (χ0v) is 9.08. The van der Waals surface area contributed by atoms with Gasteiger partial charge in [0.2, 0.25) is 5.91 Å². The molecular weight excluding hydrogens is 214 g/mol. The van der Waals surface area contributed by atoms with Crippen LogP contribution in [0, 0.1) is 0 Å². The standard InChI is InChI=1S/C10H11NO3S/c1-7(12)11(8-2-5-15-6-8)10(3-4-10)9(13)14/h2,5-6H,3-4H2,1H3,(H,13,14). The zero-order chi connectivity index (χ0) is 11.1. The summed E-state index contributed by atoms with van der Waals surface area (Å²) < 4.78 is 0. The summed E-state index contributed by atoms with van der Waals surface area (Å²) in [7, 11) is 0. The molecule has 0 unspecified atom stereocenters. The van der Waals surface area contributed by atoms with Gasteiger partial charge < -0.3 is 5.11 Å². The molecule has 1 aromatic heterocycles. The van der Waals surface area contributed by atoms with E-state index in [9.17, 15) is 9.59 Å². The number of amides is 1. The number of rotatable bonds is 3. The highest BCUT2D eigenvalue weighted by Crippen LogP contribution is 2.44. The molecule has 0 atom stereocenters. The maximum Gasteiger partial charge on any atom is 0.330 e. The van der Waals surface area contributed by atoms with Crippen molar-refractivity contribution in [2.75, 3.05) is 4.90 Å².